The predicted octanol–water partition coefficient (Wildman–Crippen LogP) is 4.03. The van der Waals surface area contributed by atoms with E-state index in [0.717, 1.165) is 26.8 Å². The number of aromatic nitrogens is 2. The molecule has 0 aliphatic heterocycles. The summed E-state index contributed by atoms with van der Waals surface area (Å²) in [6.07, 6.45) is 2.04. The summed E-state index contributed by atoms with van der Waals surface area (Å²) in [5.74, 6) is -0.0470. The number of hydrogen-bond acceptors (Lipinski definition) is 4. The molecule has 0 unspecified atom stereocenters. The van der Waals surface area contributed by atoms with Gasteiger partial charge < -0.3 is 5.32 Å². The van der Waals surface area contributed by atoms with Gasteiger partial charge in [-0.3, -0.25) is 9.78 Å². The first-order chi connectivity index (χ1) is 11.6. The van der Waals surface area contributed by atoms with Gasteiger partial charge in [0.15, 0.2) is 0 Å². The van der Waals surface area contributed by atoms with Crippen LogP contribution in [0.25, 0.3) is 10.7 Å². The number of nitrogens with zero attached hydrogens (tertiary/aromatic N) is 2. The van der Waals surface area contributed by atoms with Crippen molar-refractivity contribution in [3.05, 3.63) is 69.8 Å². The van der Waals surface area contributed by atoms with E-state index in [1.165, 1.54) is 11.3 Å². The predicted molar refractivity (Wildman–Crippen MR) is 97.1 cm³/mol. The van der Waals surface area contributed by atoms with Crippen molar-refractivity contribution >= 4 is 28.8 Å². The molecule has 3 rings (SSSR count). The number of nitrogens with one attached hydrogen (secondary N) is 1. The lowest BCUT2D eigenvalue weighted by Crippen LogP contribution is -2.24. The number of halogens is 1. The second-order valence-corrected chi connectivity index (χ2v) is 6.78. The molecule has 0 saturated carbocycles. The minimum absolute atomic E-state index is 0.0470. The third-order valence-electron chi connectivity index (χ3n) is 3.53. The fraction of sp³-hybridized carbons (Fsp3) is 0.167. The van der Waals surface area contributed by atoms with Crippen LogP contribution in [0.5, 0.6) is 0 Å². The number of benzene rings is 1. The van der Waals surface area contributed by atoms with Gasteiger partial charge in [0.1, 0.15) is 5.01 Å². The second kappa shape index (κ2) is 7.55. The van der Waals surface area contributed by atoms with Gasteiger partial charge in [0.2, 0.25) is 5.91 Å². The monoisotopic (exact) mass is 357 g/mol. The number of rotatable bonds is 5. The van der Waals surface area contributed by atoms with Gasteiger partial charge in [0.25, 0.3) is 0 Å². The first-order valence-electron chi connectivity index (χ1n) is 7.51. The molecule has 0 atom stereocenters. The molecule has 0 aliphatic carbocycles. The van der Waals surface area contributed by atoms with Crippen LogP contribution in [-0.4, -0.2) is 15.9 Å². The Morgan fingerprint density at radius 3 is 2.75 bits per heavy atom. The Labute approximate surface area is 149 Å². The molecule has 2 heterocycles. The largest absolute Gasteiger partial charge is 0.352 e. The van der Waals surface area contributed by atoms with Gasteiger partial charge in [-0.25, -0.2) is 4.98 Å². The normalized spacial score (nSPS) is 10.6. The van der Waals surface area contributed by atoms with E-state index in [4.69, 9.17) is 11.6 Å². The summed E-state index contributed by atoms with van der Waals surface area (Å²) in [7, 11) is 0. The van der Waals surface area contributed by atoms with Crippen molar-refractivity contribution < 1.29 is 4.79 Å². The summed E-state index contributed by atoms with van der Waals surface area (Å²) in [4.78, 5) is 22.0. The van der Waals surface area contributed by atoms with Crippen LogP contribution in [0.4, 0.5) is 0 Å². The molecule has 4 nitrogen and oxygen atoms in total. The van der Waals surface area contributed by atoms with Gasteiger partial charge in [0.05, 0.1) is 17.8 Å². The highest BCUT2D eigenvalue weighted by molar-refractivity contribution is 7.15. The summed E-state index contributed by atoms with van der Waals surface area (Å²) < 4.78 is 0. The van der Waals surface area contributed by atoms with Crippen molar-refractivity contribution in [2.45, 2.75) is 19.9 Å². The highest BCUT2D eigenvalue weighted by atomic mass is 35.5. The lowest BCUT2D eigenvalue weighted by atomic mass is 10.2. The minimum atomic E-state index is -0.0470. The fourth-order valence-corrected chi connectivity index (χ4v) is 3.48. The van der Waals surface area contributed by atoms with Crippen LogP contribution in [0.15, 0.2) is 48.7 Å². The standard InChI is InChI=1S/C18H16ClN3OS/c1-12-16(24-18(22-12)15-8-4-5-9-20-15)10-17(23)21-11-13-6-2-3-7-14(13)19/h2-9H,10-11H2,1H3,(H,21,23). The first-order valence-corrected chi connectivity index (χ1v) is 8.71. The number of amides is 1. The zero-order valence-corrected chi connectivity index (χ0v) is 14.7. The van der Waals surface area contributed by atoms with Crippen LogP contribution < -0.4 is 5.32 Å². The van der Waals surface area contributed by atoms with Crippen molar-refractivity contribution in [3.8, 4) is 10.7 Å². The van der Waals surface area contributed by atoms with Gasteiger partial charge in [-0.2, -0.15) is 0 Å². The molecule has 0 fully saturated rings. The van der Waals surface area contributed by atoms with E-state index in [1.807, 2.05) is 49.4 Å². The van der Waals surface area contributed by atoms with Crippen LogP contribution in [0.2, 0.25) is 5.02 Å². The molecule has 122 valence electrons. The summed E-state index contributed by atoms with van der Waals surface area (Å²) in [6, 6.07) is 13.2. The van der Waals surface area contributed by atoms with Gasteiger partial charge in [-0.05, 0) is 30.7 Å². The molecule has 0 aliphatic rings. The number of aryl methyl sites for hydroxylation is 1. The number of hydrogen-bond donors (Lipinski definition) is 1. The van der Waals surface area contributed by atoms with Crippen molar-refractivity contribution in [3.63, 3.8) is 0 Å². The van der Waals surface area contributed by atoms with E-state index in [2.05, 4.69) is 15.3 Å². The summed E-state index contributed by atoms with van der Waals surface area (Å²) >= 11 is 7.60. The van der Waals surface area contributed by atoms with Gasteiger partial charge in [-0.1, -0.05) is 35.9 Å². The van der Waals surface area contributed by atoms with E-state index in [-0.39, 0.29) is 5.91 Å². The zero-order chi connectivity index (χ0) is 16.9. The van der Waals surface area contributed by atoms with Crippen molar-refractivity contribution in [2.24, 2.45) is 0 Å². The fourth-order valence-electron chi connectivity index (χ4n) is 2.23. The number of thiazole rings is 1. The maximum Gasteiger partial charge on any atom is 0.225 e. The Balaban J connectivity index is 1.65. The molecular formula is C18H16ClN3OS. The number of pyridine rings is 1. The molecule has 0 radical (unpaired) electrons. The molecule has 6 heteroatoms. The molecule has 0 saturated heterocycles. The Bertz CT molecular complexity index is 848. The van der Waals surface area contributed by atoms with Crippen molar-refractivity contribution in [2.75, 3.05) is 0 Å². The third-order valence-corrected chi connectivity index (χ3v) is 5.08. The highest BCUT2D eigenvalue weighted by Gasteiger charge is 2.13. The highest BCUT2D eigenvalue weighted by Crippen LogP contribution is 2.26. The molecule has 3 aromatic rings. The van der Waals surface area contributed by atoms with Crippen molar-refractivity contribution in [1.82, 2.24) is 15.3 Å². The van der Waals surface area contributed by atoms with Gasteiger partial charge in [-0.15, -0.1) is 11.3 Å². The van der Waals surface area contributed by atoms with Gasteiger partial charge in [0, 0.05) is 22.6 Å². The maximum absolute atomic E-state index is 12.2. The van der Waals surface area contributed by atoms with E-state index in [9.17, 15) is 4.79 Å². The van der Waals surface area contributed by atoms with E-state index >= 15 is 0 Å². The average Bonchev–Trinajstić information content (AvgIpc) is 2.96. The van der Waals surface area contributed by atoms with Crippen LogP contribution in [0.3, 0.4) is 0 Å². The zero-order valence-electron chi connectivity index (χ0n) is 13.1. The van der Waals surface area contributed by atoms with Gasteiger partial charge >= 0.3 is 0 Å². The van der Waals surface area contributed by atoms with E-state index in [0.29, 0.717) is 18.0 Å². The molecule has 24 heavy (non-hydrogen) atoms. The second-order valence-electron chi connectivity index (χ2n) is 5.29. The lowest BCUT2D eigenvalue weighted by Gasteiger charge is -2.06. The summed E-state index contributed by atoms with van der Waals surface area (Å²) in [5, 5.41) is 4.40. The minimum Gasteiger partial charge on any atom is -0.352 e. The number of carbonyl (C=O) groups excluding carboxylic acids is 1. The van der Waals surface area contributed by atoms with Crippen LogP contribution in [-0.2, 0) is 17.8 Å². The molecular weight excluding hydrogens is 342 g/mol. The summed E-state index contributed by atoms with van der Waals surface area (Å²) in [6.45, 7) is 2.34. The first kappa shape index (κ1) is 16.6. The number of carbonyl (C=O) groups is 1. The molecule has 1 N–H and O–H groups in total. The molecule has 0 bridgehead atoms. The molecule has 0 spiro atoms. The van der Waals surface area contributed by atoms with Crippen LogP contribution in [0, 0.1) is 6.92 Å². The quantitative estimate of drug-likeness (QED) is 0.750. The van der Waals surface area contributed by atoms with E-state index < -0.39 is 0 Å². The van der Waals surface area contributed by atoms with Crippen molar-refractivity contribution in [1.29, 1.82) is 0 Å². The maximum atomic E-state index is 12.2. The van der Waals surface area contributed by atoms with E-state index in [1.54, 1.807) is 6.20 Å². The molecule has 1 aromatic carbocycles. The average molecular weight is 358 g/mol. The Morgan fingerprint density at radius 2 is 2.00 bits per heavy atom. The SMILES string of the molecule is Cc1nc(-c2ccccn2)sc1CC(=O)NCc1ccccc1Cl. The Kier molecular flexibility index (Phi) is 5.23. The lowest BCUT2D eigenvalue weighted by molar-refractivity contribution is -0.120. The smallest absolute Gasteiger partial charge is 0.225 e. The molecule has 2 aromatic heterocycles. The Morgan fingerprint density at radius 1 is 1.21 bits per heavy atom. The van der Waals surface area contributed by atoms with Crippen LogP contribution in [0.1, 0.15) is 16.1 Å². The van der Waals surface area contributed by atoms with Crippen LogP contribution >= 0.6 is 22.9 Å². The molecule has 1 amide bonds. The third kappa shape index (κ3) is 3.99. The summed E-state index contributed by atoms with van der Waals surface area (Å²) in [5.41, 5.74) is 2.60. The Hall–Kier alpha value is -2.24. The topological polar surface area (TPSA) is 54.9 Å².